The van der Waals surface area contributed by atoms with Crippen molar-refractivity contribution >= 4 is 5.97 Å². The van der Waals surface area contributed by atoms with Crippen molar-refractivity contribution in [3.63, 3.8) is 0 Å². The van der Waals surface area contributed by atoms with E-state index in [1.807, 2.05) is 24.3 Å². The first-order valence-electron chi connectivity index (χ1n) is 9.64. The molecule has 1 aromatic heterocycles. The fourth-order valence-electron chi connectivity index (χ4n) is 2.82. The normalized spacial score (nSPS) is 25.2. The van der Waals surface area contributed by atoms with Crippen LogP contribution in [0.2, 0.25) is 0 Å². The van der Waals surface area contributed by atoms with Gasteiger partial charge in [0.25, 0.3) is 0 Å². The van der Waals surface area contributed by atoms with Crippen LogP contribution in [0, 0.1) is 0 Å². The summed E-state index contributed by atoms with van der Waals surface area (Å²) in [5.74, 6) is 1.21. The van der Waals surface area contributed by atoms with Crippen LogP contribution in [0.15, 0.2) is 36.7 Å². The molecule has 3 atom stereocenters. The molecule has 0 amide bonds. The van der Waals surface area contributed by atoms with Crippen molar-refractivity contribution in [3.8, 4) is 22.9 Å². The minimum Gasteiger partial charge on any atom is -0.491 e. The van der Waals surface area contributed by atoms with Crippen LogP contribution in [0.4, 0.5) is 0 Å². The lowest BCUT2D eigenvalue weighted by atomic mass is 10.1. The molecule has 0 unspecified atom stereocenters. The molecular formula is C21H24N2O5. The van der Waals surface area contributed by atoms with Gasteiger partial charge in [-0.2, -0.15) is 0 Å². The van der Waals surface area contributed by atoms with E-state index in [-0.39, 0.29) is 6.10 Å². The van der Waals surface area contributed by atoms with Gasteiger partial charge in [0.1, 0.15) is 18.5 Å². The lowest BCUT2D eigenvalue weighted by molar-refractivity contribution is -0.139. The summed E-state index contributed by atoms with van der Waals surface area (Å²) < 4.78 is 21.7. The van der Waals surface area contributed by atoms with Gasteiger partial charge < -0.3 is 18.9 Å². The van der Waals surface area contributed by atoms with Gasteiger partial charge in [-0.1, -0.05) is 19.8 Å². The molecule has 0 radical (unpaired) electrons. The summed E-state index contributed by atoms with van der Waals surface area (Å²) in [6.07, 6.45) is 7.03. The number of ether oxygens (including phenoxy) is 4. The number of hydrogen-bond donors (Lipinski definition) is 0. The second-order valence-electron chi connectivity index (χ2n) is 7.34. The number of esters is 1. The molecule has 2 fully saturated rings. The quantitative estimate of drug-likeness (QED) is 0.485. The van der Waals surface area contributed by atoms with Crippen molar-refractivity contribution in [1.29, 1.82) is 0 Å². The highest BCUT2D eigenvalue weighted by atomic mass is 16.6. The van der Waals surface area contributed by atoms with Gasteiger partial charge in [-0.3, -0.25) is 0 Å². The first kappa shape index (κ1) is 18.8. The Kier molecular flexibility index (Phi) is 5.28. The molecule has 2 aromatic rings. The number of nitrogens with zero attached hydrogens (tertiary/aromatic N) is 2. The number of hydrogen-bond acceptors (Lipinski definition) is 7. The summed E-state index contributed by atoms with van der Waals surface area (Å²) in [5, 5.41) is 0. The van der Waals surface area contributed by atoms with Gasteiger partial charge in [0.15, 0.2) is 17.2 Å². The minimum absolute atomic E-state index is 0.216. The number of benzene rings is 1. The van der Waals surface area contributed by atoms with Gasteiger partial charge >= 0.3 is 5.97 Å². The number of carbonyl (C=O) groups excluding carboxylic acids is 1. The SMILES string of the molecule is CCCC[C@@H]1O[C@H]1COc1ccc(-c2ncc(OC(=O)[C@]3(C)CO3)cn2)cc1. The molecule has 7 nitrogen and oxygen atoms in total. The third-order valence-corrected chi connectivity index (χ3v) is 4.90. The second kappa shape index (κ2) is 7.85. The zero-order valence-corrected chi connectivity index (χ0v) is 16.1. The van der Waals surface area contributed by atoms with Crippen LogP contribution in [-0.2, 0) is 14.3 Å². The van der Waals surface area contributed by atoms with Crippen LogP contribution in [0.1, 0.15) is 33.1 Å². The summed E-state index contributed by atoms with van der Waals surface area (Å²) in [6.45, 7) is 4.83. The summed E-state index contributed by atoms with van der Waals surface area (Å²) in [7, 11) is 0. The molecule has 28 heavy (non-hydrogen) atoms. The average molecular weight is 384 g/mol. The lowest BCUT2D eigenvalue weighted by Crippen LogP contribution is -2.26. The number of carbonyl (C=O) groups is 1. The molecule has 2 aliphatic rings. The largest absolute Gasteiger partial charge is 0.491 e. The van der Waals surface area contributed by atoms with Gasteiger partial charge in [-0.25, -0.2) is 14.8 Å². The molecule has 7 heteroatoms. The Hall–Kier alpha value is -2.51. The minimum atomic E-state index is -0.823. The maximum Gasteiger partial charge on any atom is 0.346 e. The molecule has 0 N–H and O–H groups in total. The number of unbranched alkanes of at least 4 members (excludes halogenated alkanes) is 1. The molecular weight excluding hydrogens is 360 g/mol. The van der Waals surface area contributed by atoms with E-state index in [0.717, 1.165) is 17.7 Å². The van der Waals surface area contributed by atoms with Crippen LogP contribution in [0.3, 0.4) is 0 Å². The summed E-state index contributed by atoms with van der Waals surface area (Å²) in [5.41, 5.74) is 0.0296. The van der Waals surface area contributed by atoms with Crippen LogP contribution >= 0.6 is 0 Å². The first-order chi connectivity index (χ1) is 13.6. The zero-order chi connectivity index (χ0) is 19.6. The van der Waals surface area contributed by atoms with Crippen molar-refractivity contribution < 1.29 is 23.7 Å². The fourth-order valence-corrected chi connectivity index (χ4v) is 2.82. The molecule has 4 rings (SSSR count). The van der Waals surface area contributed by atoms with Gasteiger partial charge in [0, 0.05) is 5.56 Å². The fraction of sp³-hybridized carbons (Fsp3) is 0.476. The maximum absolute atomic E-state index is 11.8. The van der Waals surface area contributed by atoms with E-state index >= 15 is 0 Å². The van der Waals surface area contributed by atoms with E-state index in [1.165, 1.54) is 25.2 Å². The van der Waals surface area contributed by atoms with Gasteiger partial charge in [0.05, 0.1) is 25.1 Å². The second-order valence-corrected chi connectivity index (χ2v) is 7.34. The Bertz CT molecular complexity index is 818. The van der Waals surface area contributed by atoms with Gasteiger partial charge in [-0.05, 0) is 37.6 Å². The molecule has 1 aromatic carbocycles. The first-order valence-corrected chi connectivity index (χ1v) is 9.64. The van der Waals surface area contributed by atoms with E-state index < -0.39 is 11.6 Å². The van der Waals surface area contributed by atoms with Gasteiger partial charge in [0.2, 0.25) is 0 Å². The van der Waals surface area contributed by atoms with Crippen LogP contribution in [-0.4, -0.2) is 47.0 Å². The monoisotopic (exact) mass is 384 g/mol. The molecule has 0 aliphatic carbocycles. The Morgan fingerprint density at radius 1 is 1.18 bits per heavy atom. The average Bonchev–Trinajstić information content (AvgIpc) is 3.64. The lowest BCUT2D eigenvalue weighted by Gasteiger charge is -2.07. The summed E-state index contributed by atoms with van der Waals surface area (Å²) in [6, 6.07) is 7.58. The van der Waals surface area contributed by atoms with E-state index in [9.17, 15) is 4.79 Å². The van der Waals surface area contributed by atoms with Crippen molar-refractivity contribution in [2.75, 3.05) is 13.2 Å². The zero-order valence-electron chi connectivity index (χ0n) is 16.1. The van der Waals surface area contributed by atoms with Crippen molar-refractivity contribution in [2.24, 2.45) is 0 Å². The Balaban J connectivity index is 1.28. The molecule has 0 saturated carbocycles. The van der Waals surface area contributed by atoms with Crippen LogP contribution < -0.4 is 9.47 Å². The maximum atomic E-state index is 11.8. The number of epoxide rings is 2. The molecule has 2 aliphatic heterocycles. The van der Waals surface area contributed by atoms with Crippen molar-refractivity contribution in [2.45, 2.75) is 50.9 Å². The molecule has 148 valence electrons. The predicted molar refractivity (Wildman–Crippen MR) is 101 cm³/mol. The van der Waals surface area contributed by atoms with Crippen LogP contribution in [0.5, 0.6) is 11.5 Å². The van der Waals surface area contributed by atoms with Crippen molar-refractivity contribution in [3.05, 3.63) is 36.7 Å². The van der Waals surface area contributed by atoms with E-state index in [4.69, 9.17) is 18.9 Å². The Morgan fingerprint density at radius 3 is 2.54 bits per heavy atom. The summed E-state index contributed by atoms with van der Waals surface area (Å²) >= 11 is 0. The Morgan fingerprint density at radius 2 is 1.89 bits per heavy atom. The van der Waals surface area contributed by atoms with E-state index in [2.05, 4.69) is 16.9 Å². The standard InChI is InChI=1S/C21H24N2O5/c1-3-4-5-17-18(28-17)12-25-15-8-6-14(7-9-15)19-22-10-16(11-23-19)27-20(24)21(2)13-26-21/h6-11,17-18H,3-5,12-13H2,1-2H3/t17-,18-,21-/m0/s1. The molecule has 0 bridgehead atoms. The highest BCUT2D eigenvalue weighted by Crippen LogP contribution is 2.29. The molecule has 3 heterocycles. The van der Waals surface area contributed by atoms with Gasteiger partial charge in [-0.15, -0.1) is 0 Å². The predicted octanol–water partition coefficient (Wildman–Crippen LogP) is 3.17. The van der Waals surface area contributed by atoms with E-state index in [1.54, 1.807) is 6.92 Å². The third-order valence-electron chi connectivity index (χ3n) is 4.90. The highest BCUT2D eigenvalue weighted by Gasteiger charge is 2.49. The highest BCUT2D eigenvalue weighted by molar-refractivity contribution is 5.83. The third kappa shape index (κ3) is 4.48. The van der Waals surface area contributed by atoms with Crippen molar-refractivity contribution in [1.82, 2.24) is 9.97 Å². The van der Waals surface area contributed by atoms with Crippen LogP contribution in [0.25, 0.3) is 11.4 Å². The smallest absolute Gasteiger partial charge is 0.346 e. The molecule has 2 saturated heterocycles. The number of aromatic nitrogens is 2. The number of rotatable bonds is 9. The van der Waals surface area contributed by atoms with E-state index in [0.29, 0.717) is 30.9 Å². The topological polar surface area (TPSA) is 86.4 Å². The Labute approximate surface area is 164 Å². The molecule has 0 spiro atoms. The summed E-state index contributed by atoms with van der Waals surface area (Å²) in [4.78, 5) is 20.4.